The Morgan fingerprint density at radius 3 is 2.59 bits per heavy atom. The Kier molecular flexibility index (Phi) is 5.73. The number of hydrogen-bond acceptors (Lipinski definition) is 3. The normalized spacial score (nSPS) is 12.5. The first kappa shape index (κ1) is 14.3. The van der Waals surface area contributed by atoms with Gasteiger partial charge < -0.3 is 4.90 Å². The van der Waals surface area contributed by atoms with Crippen LogP contribution in [0.5, 0.6) is 0 Å². The molecule has 1 aromatic carbocycles. The Balaban J connectivity index is 2.67. The zero-order valence-electron chi connectivity index (χ0n) is 9.87. The number of halogens is 2. The number of nitriles is 1. The van der Waals surface area contributed by atoms with Gasteiger partial charge in [0.1, 0.15) is 6.04 Å². The molecule has 0 aromatic heterocycles. The van der Waals surface area contributed by atoms with E-state index in [4.69, 9.17) is 28.5 Å². The first-order chi connectivity index (χ1) is 8.04. The second-order valence-electron chi connectivity index (χ2n) is 3.99. The Morgan fingerprint density at radius 2 is 2.06 bits per heavy atom. The minimum atomic E-state index is -0.357. The first-order valence-electron chi connectivity index (χ1n) is 5.27. The van der Waals surface area contributed by atoms with Crippen molar-refractivity contribution in [2.75, 3.05) is 27.2 Å². The van der Waals surface area contributed by atoms with Crippen LogP contribution in [0, 0.1) is 11.3 Å². The van der Waals surface area contributed by atoms with Crippen LogP contribution >= 0.6 is 23.2 Å². The average Bonchev–Trinajstić information content (AvgIpc) is 2.28. The van der Waals surface area contributed by atoms with Gasteiger partial charge in [-0.05, 0) is 31.8 Å². The van der Waals surface area contributed by atoms with Crippen molar-refractivity contribution in [2.45, 2.75) is 6.04 Å². The molecular formula is C12H15Cl2N3. The number of likely N-dealkylation sites (N-methyl/N-ethyl adjacent to an activating group) is 1. The van der Waals surface area contributed by atoms with Gasteiger partial charge in [0.15, 0.2) is 0 Å². The lowest BCUT2D eigenvalue weighted by Crippen LogP contribution is -2.29. The summed E-state index contributed by atoms with van der Waals surface area (Å²) in [5.41, 5.74) is 0.834. The highest BCUT2D eigenvalue weighted by molar-refractivity contribution is 6.42. The van der Waals surface area contributed by atoms with E-state index >= 15 is 0 Å². The Bertz CT molecular complexity index is 413. The lowest BCUT2D eigenvalue weighted by Gasteiger charge is -2.15. The van der Waals surface area contributed by atoms with E-state index in [-0.39, 0.29) is 6.04 Å². The monoisotopic (exact) mass is 271 g/mol. The molecule has 0 amide bonds. The van der Waals surface area contributed by atoms with Gasteiger partial charge in [-0.2, -0.15) is 5.26 Å². The van der Waals surface area contributed by atoms with Crippen LogP contribution < -0.4 is 5.32 Å². The van der Waals surface area contributed by atoms with Crippen molar-refractivity contribution in [1.82, 2.24) is 10.2 Å². The number of benzene rings is 1. The molecule has 0 spiro atoms. The van der Waals surface area contributed by atoms with Crippen LogP contribution in [0.1, 0.15) is 11.6 Å². The molecule has 0 radical (unpaired) electrons. The van der Waals surface area contributed by atoms with E-state index in [2.05, 4.69) is 16.3 Å². The molecule has 5 heteroatoms. The van der Waals surface area contributed by atoms with E-state index in [9.17, 15) is 0 Å². The average molecular weight is 272 g/mol. The maximum atomic E-state index is 9.10. The second kappa shape index (κ2) is 6.83. The SMILES string of the molecule is CN(C)CCNC(C#N)c1ccc(Cl)c(Cl)c1. The van der Waals surface area contributed by atoms with E-state index < -0.39 is 0 Å². The highest BCUT2D eigenvalue weighted by Gasteiger charge is 2.11. The van der Waals surface area contributed by atoms with E-state index in [0.717, 1.165) is 18.7 Å². The molecule has 1 unspecified atom stereocenters. The fourth-order valence-corrected chi connectivity index (χ4v) is 1.67. The van der Waals surface area contributed by atoms with E-state index in [1.165, 1.54) is 0 Å². The largest absolute Gasteiger partial charge is 0.308 e. The molecule has 0 saturated carbocycles. The maximum Gasteiger partial charge on any atom is 0.121 e. The molecule has 0 saturated heterocycles. The van der Waals surface area contributed by atoms with Crippen LogP contribution in [0.4, 0.5) is 0 Å². The predicted octanol–water partition coefficient (Wildman–Crippen LogP) is 2.71. The summed E-state index contributed by atoms with van der Waals surface area (Å²) in [6, 6.07) is 7.09. The summed E-state index contributed by atoms with van der Waals surface area (Å²) in [6.45, 7) is 1.62. The van der Waals surface area contributed by atoms with E-state index in [1.54, 1.807) is 12.1 Å². The Labute approximate surface area is 112 Å². The molecule has 1 N–H and O–H groups in total. The van der Waals surface area contributed by atoms with Crippen LogP contribution in [0.3, 0.4) is 0 Å². The molecule has 92 valence electrons. The quantitative estimate of drug-likeness (QED) is 0.895. The Morgan fingerprint density at radius 1 is 1.35 bits per heavy atom. The highest BCUT2D eigenvalue weighted by atomic mass is 35.5. The summed E-state index contributed by atoms with van der Waals surface area (Å²) in [6.07, 6.45) is 0. The predicted molar refractivity (Wildman–Crippen MR) is 71.4 cm³/mol. The topological polar surface area (TPSA) is 39.1 Å². The van der Waals surface area contributed by atoms with Crippen molar-refractivity contribution in [3.8, 4) is 6.07 Å². The van der Waals surface area contributed by atoms with Crippen molar-refractivity contribution in [3.63, 3.8) is 0 Å². The molecule has 1 atom stereocenters. The molecule has 0 aliphatic heterocycles. The molecule has 0 aliphatic rings. The number of nitrogens with zero attached hydrogens (tertiary/aromatic N) is 2. The lowest BCUT2D eigenvalue weighted by molar-refractivity contribution is 0.395. The molecule has 0 bridgehead atoms. The van der Waals surface area contributed by atoms with Crippen molar-refractivity contribution in [1.29, 1.82) is 5.26 Å². The standard InChI is InChI=1S/C12H15Cl2N3/c1-17(2)6-5-16-12(8-15)9-3-4-10(13)11(14)7-9/h3-4,7,12,16H,5-6H2,1-2H3. The highest BCUT2D eigenvalue weighted by Crippen LogP contribution is 2.25. The van der Waals surface area contributed by atoms with Crippen molar-refractivity contribution >= 4 is 23.2 Å². The van der Waals surface area contributed by atoms with Gasteiger partial charge >= 0.3 is 0 Å². The van der Waals surface area contributed by atoms with Crippen molar-refractivity contribution < 1.29 is 0 Å². The fraction of sp³-hybridized carbons (Fsp3) is 0.417. The molecule has 3 nitrogen and oxygen atoms in total. The fourth-order valence-electron chi connectivity index (χ4n) is 1.36. The van der Waals surface area contributed by atoms with Gasteiger partial charge in [0.2, 0.25) is 0 Å². The van der Waals surface area contributed by atoms with Crippen molar-refractivity contribution in [3.05, 3.63) is 33.8 Å². The third-order valence-electron chi connectivity index (χ3n) is 2.31. The summed E-state index contributed by atoms with van der Waals surface area (Å²) in [5, 5.41) is 13.2. The van der Waals surface area contributed by atoms with E-state index in [1.807, 2.05) is 20.2 Å². The third kappa shape index (κ3) is 4.53. The lowest BCUT2D eigenvalue weighted by atomic mass is 10.1. The molecule has 17 heavy (non-hydrogen) atoms. The second-order valence-corrected chi connectivity index (χ2v) is 4.81. The van der Waals surface area contributed by atoms with Crippen LogP contribution in [0.2, 0.25) is 10.0 Å². The zero-order chi connectivity index (χ0) is 12.8. The van der Waals surface area contributed by atoms with Gasteiger partial charge in [0.25, 0.3) is 0 Å². The van der Waals surface area contributed by atoms with Gasteiger partial charge in [-0.15, -0.1) is 0 Å². The summed E-state index contributed by atoms with van der Waals surface area (Å²) in [7, 11) is 3.98. The number of nitrogens with one attached hydrogen (secondary N) is 1. The third-order valence-corrected chi connectivity index (χ3v) is 3.05. The maximum absolute atomic E-state index is 9.10. The Hall–Kier alpha value is -0.790. The van der Waals surface area contributed by atoms with Gasteiger partial charge in [0, 0.05) is 13.1 Å². The molecule has 1 rings (SSSR count). The van der Waals surface area contributed by atoms with Gasteiger partial charge in [-0.25, -0.2) is 0 Å². The summed E-state index contributed by atoms with van der Waals surface area (Å²) >= 11 is 11.8. The van der Waals surface area contributed by atoms with Crippen LogP contribution in [0.15, 0.2) is 18.2 Å². The molecular weight excluding hydrogens is 257 g/mol. The van der Waals surface area contributed by atoms with E-state index in [0.29, 0.717) is 10.0 Å². The van der Waals surface area contributed by atoms with Crippen LogP contribution in [-0.4, -0.2) is 32.1 Å². The summed E-state index contributed by atoms with van der Waals surface area (Å²) in [5.74, 6) is 0. The molecule has 1 aromatic rings. The van der Waals surface area contributed by atoms with Gasteiger partial charge in [-0.1, -0.05) is 29.3 Å². The molecule has 0 fully saturated rings. The molecule has 0 aliphatic carbocycles. The first-order valence-corrected chi connectivity index (χ1v) is 6.03. The molecule has 0 heterocycles. The van der Waals surface area contributed by atoms with Crippen molar-refractivity contribution in [2.24, 2.45) is 0 Å². The minimum absolute atomic E-state index is 0.357. The zero-order valence-corrected chi connectivity index (χ0v) is 11.4. The van der Waals surface area contributed by atoms with Gasteiger partial charge in [0.05, 0.1) is 16.1 Å². The van der Waals surface area contributed by atoms with Gasteiger partial charge in [-0.3, -0.25) is 5.32 Å². The minimum Gasteiger partial charge on any atom is -0.308 e. The number of hydrogen-bond donors (Lipinski definition) is 1. The summed E-state index contributed by atoms with van der Waals surface area (Å²) < 4.78 is 0. The number of rotatable bonds is 5. The van der Waals surface area contributed by atoms with Crippen LogP contribution in [0.25, 0.3) is 0 Å². The smallest absolute Gasteiger partial charge is 0.121 e. The summed E-state index contributed by atoms with van der Waals surface area (Å²) in [4.78, 5) is 2.05. The van der Waals surface area contributed by atoms with Crippen LogP contribution in [-0.2, 0) is 0 Å².